The lowest BCUT2D eigenvalue weighted by atomic mass is 9.96. The first-order valence-corrected chi connectivity index (χ1v) is 7.03. The highest BCUT2D eigenvalue weighted by Crippen LogP contribution is 2.39. The monoisotopic (exact) mass is 336 g/mol. The van der Waals surface area contributed by atoms with Gasteiger partial charge in [-0.05, 0) is 43.5 Å². The Balaban J connectivity index is 2.25. The molecule has 0 unspecified atom stereocenters. The number of hydrogen-bond donors (Lipinski definition) is 1. The minimum atomic E-state index is -4.33. The van der Waals surface area contributed by atoms with Crippen LogP contribution in [0.3, 0.4) is 0 Å². The zero-order valence-corrected chi connectivity index (χ0v) is 12.0. The van der Waals surface area contributed by atoms with Gasteiger partial charge in [0, 0.05) is 23.2 Å². The Kier molecular flexibility index (Phi) is 4.40. The summed E-state index contributed by atoms with van der Waals surface area (Å²) in [4.78, 5) is 1.81. The molecule has 2 rings (SSSR count). The highest BCUT2D eigenvalue weighted by atomic mass is 79.9. The fourth-order valence-electron chi connectivity index (χ4n) is 2.42. The molecule has 1 aromatic carbocycles. The van der Waals surface area contributed by atoms with Crippen LogP contribution in [-0.4, -0.2) is 19.6 Å². The number of nitrogens with zero attached hydrogens (tertiary/aromatic N) is 1. The molecule has 0 amide bonds. The average molecular weight is 337 g/mol. The van der Waals surface area contributed by atoms with E-state index in [1.807, 2.05) is 0 Å². The van der Waals surface area contributed by atoms with Crippen LogP contribution in [0.25, 0.3) is 0 Å². The van der Waals surface area contributed by atoms with Crippen molar-refractivity contribution < 1.29 is 13.2 Å². The van der Waals surface area contributed by atoms with Crippen molar-refractivity contribution in [3.05, 3.63) is 28.2 Å². The molecule has 1 aliphatic heterocycles. The summed E-state index contributed by atoms with van der Waals surface area (Å²) in [6, 6.07) is 4.33. The first-order chi connectivity index (χ1) is 8.91. The molecule has 1 aliphatic rings. The van der Waals surface area contributed by atoms with E-state index in [9.17, 15) is 13.2 Å². The summed E-state index contributed by atoms with van der Waals surface area (Å²) in [5.74, 6) is 0.432. The molecule has 0 radical (unpaired) electrons. The summed E-state index contributed by atoms with van der Waals surface area (Å²) in [5.41, 5.74) is 5.30. The van der Waals surface area contributed by atoms with E-state index in [0.717, 1.165) is 18.9 Å². The molecular weight excluding hydrogens is 321 g/mol. The molecular formula is C13H16BrF3N2. The largest absolute Gasteiger partial charge is 0.418 e. The number of nitrogens with two attached hydrogens (primary N) is 1. The standard InChI is InChI=1S/C13H16BrF3N2/c14-10-1-2-12(11(7-10)13(15,16)17)19-5-3-9(8-18)4-6-19/h1-2,7,9H,3-6,8,18H2. The third-order valence-corrected chi connectivity index (χ3v) is 4.05. The van der Waals surface area contributed by atoms with Gasteiger partial charge in [-0.1, -0.05) is 15.9 Å². The van der Waals surface area contributed by atoms with Gasteiger partial charge in [-0.2, -0.15) is 13.2 Å². The quantitative estimate of drug-likeness (QED) is 0.893. The molecule has 0 spiro atoms. The van der Waals surface area contributed by atoms with Gasteiger partial charge in [0.1, 0.15) is 0 Å². The zero-order valence-electron chi connectivity index (χ0n) is 10.4. The van der Waals surface area contributed by atoms with Gasteiger partial charge in [0.05, 0.1) is 5.56 Å². The van der Waals surface area contributed by atoms with Crippen molar-refractivity contribution >= 4 is 21.6 Å². The second-order valence-electron chi connectivity index (χ2n) is 4.83. The van der Waals surface area contributed by atoms with Crippen LogP contribution in [0.15, 0.2) is 22.7 Å². The van der Waals surface area contributed by atoms with Crippen LogP contribution in [-0.2, 0) is 6.18 Å². The van der Waals surface area contributed by atoms with Crippen LogP contribution in [0, 0.1) is 5.92 Å². The van der Waals surface area contributed by atoms with Gasteiger partial charge in [0.25, 0.3) is 0 Å². The van der Waals surface area contributed by atoms with Crippen molar-refractivity contribution in [1.82, 2.24) is 0 Å². The summed E-state index contributed by atoms with van der Waals surface area (Å²) in [5, 5.41) is 0. The Morgan fingerprint density at radius 3 is 2.42 bits per heavy atom. The van der Waals surface area contributed by atoms with Gasteiger partial charge in [0.2, 0.25) is 0 Å². The average Bonchev–Trinajstić information content (AvgIpc) is 2.38. The van der Waals surface area contributed by atoms with Crippen LogP contribution < -0.4 is 10.6 Å². The molecule has 0 aromatic heterocycles. The number of anilines is 1. The van der Waals surface area contributed by atoms with Gasteiger partial charge in [-0.25, -0.2) is 0 Å². The van der Waals surface area contributed by atoms with Gasteiger partial charge < -0.3 is 10.6 Å². The summed E-state index contributed by atoms with van der Waals surface area (Å²) < 4.78 is 39.6. The third kappa shape index (κ3) is 3.42. The van der Waals surface area contributed by atoms with Crippen LogP contribution >= 0.6 is 15.9 Å². The smallest absolute Gasteiger partial charge is 0.371 e. The van der Waals surface area contributed by atoms with E-state index in [2.05, 4.69) is 15.9 Å². The Morgan fingerprint density at radius 2 is 1.89 bits per heavy atom. The molecule has 0 atom stereocenters. The normalized spacial score (nSPS) is 17.8. The number of alkyl halides is 3. The minimum absolute atomic E-state index is 0.270. The van der Waals surface area contributed by atoms with Crippen molar-refractivity contribution in [1.29, 1.82) is 0 Å². The fraction of sp³-hybridized carbons (Fsp3) is 0.538. The number of benzene rings is 1. The Morgan fingerprint density at radius 1 is 1.26 bits per heavy atom. The van der Waals surface area contributed by atoms with Gasteiger partial charge in [0.15, 0.2) is 0 Å². The van der Waals surface area contributed by atoms with Crippen molar-refractivity contribution in [2.75, 3.05) is 24.5 Å². The number of hydrogen-bond acceptors (Lipinski definition) is 2. The molecule has 0 bridgehead atoms. The molecule has 0 aliphatic carbocycles. The van der Waals surface area contributed by atoms with Crippen LogP contribution in [0.4, 0.5) is 18.9 Å². The molecule has 1 aromatic rings. The Bertz CT molecular complexity index is 440. The maximum atomic E-state index is 13.1. The van der Waals surface area contributed by atoms with Gasteiger partial charge >= 0.3 is 6.18 Å². The molecule has 19 heavy (non-hydrogen) atoms. The zero-order chi connectivity index (χ0) is 14.0. The van der Waals surface area contributed by atoms with Crippen molar-refractivity contribution in [2.24, 2.45) is 11.7 Å². The highest BCUT2D eigenvalue weighted by Gasteiger charge is 2.35. The second kappa shape index (κ2) is 5.71. The third-order valence-electron chi connectivity index (χ3n) is 3.55. The number of halogens is 4. The maximum absolute atomic E-state index is 13.1. The lowest BCUT2D eigenvalue weighted by Crippen LogP contribution is -2.37. The van der Waals surface area contributed by atoms with E-state index in [1.165, 1.54) is 6.07 Å². The van der Waals surface area contributed by atoms with Crippen LogP contribution in [0.2, 0.25) is 0 Å². The maximum Gasteiger partial charge on any atom is 0.418 e. The van der Waals surface area contributed by atoms with Crippen molar-refractivity contribution in [3.8, 4) is 0 Å². The van der Waals surface area contributed by atoms with Crippen molar-refractivity contribution in [2.45, 2.75) is 19.0 Å². The second-order valence-corrected chi connectivity index (χ2v) is 5.74. The molecule has 2 nitrogen and oxygen atoms in total. The number of rotatable bonds is 2. The summed E-state index contributed by atoms with van der Waals surface area (Å²) in [6.07, 6.45) is -2.63. The molecule has 106 valence electrons. The molecule has 6 heteroatoms. The lowest BCUT2D eigenvalue weighted by Gasteiger charge is -2.34. The highest BCUT2D eigenvalue weighted by molar-refractivity contribution is 9.10. The van der Waals surface area contributed by atoms with E-state index in [0.29, 0.717) is 30.0 Å². The molecule has 2 N–H and O–H groups in total. The van der Waals surface area contributed by atoms with E-state index in [-0.39, 0.29) is 5.69 Å². The molecule has 0 saturated carbocycles. The topological polar surface area (TPSA) is 29.3 Å². The predicted molar refractivity (Wildman–Crippen MR) is 73.1 cm³/mol. The van der Waals surface area contributed by atoms with Crippen LogP contribution in [0.5, 0.6) is 0 Å². The first kappa shape index (κ1) is 14.7. The van der Waals surface area contributed by atoms with Gasteiger partial charge in [-0.3, -0.25) is 0 Å². The fourth-order valence-corrected chi connectivity index (χ4v) is 2.78. The number of piperidine rings is 1. The van der Waals surface area contributed by atoms with Crippen LogP contribution in [0.1, 0.15) is 18.4 Å². The molecule has 1 saturated heterocycles. The predicted octanol–water partition coefficient (Wildman–Crippen LogP) is 3.64. The SMILES string of the molecule is NCC1CCN(c2ccc(Br)cc2C(F)(F)F)CC1. The van der Waals surface area contributed by atoms with Gasteiger partial charge in [-0.15, -0.1) is 0 Å². The van der Waals surface area contributed by atoms with E-state index in [1.54, 1.807) is 11.0 Å². The first-order valence-electron chi connectivity index (χ1n) is 6.23. The Hall–Kier alpha value is -0.750. The summed E-state index contributed by atoms with van der Waals surface area (Å²) >= 11 is 3.10. The molecule has 1 fully saturated rings. The lowest BCUT2D eigenvalue weighted by molar-refractivity contribution is -0.137. The summed E-state index contributed by atoms with van der Waals surface area (Å²) in [7, 11) is 0. The summed E-state index contributed by atoms with van der Waals surface area (Å²) in [6.45, 7) is 1.87. The molecule has 1 heterocycles. The van der Waals surface area contributed by atoms with E-state index < -0.39 is 11.7 Å². The van der Waals surface area contributed by atoms with Crippen molar-refractivity contribution in [3.63, 3.8) is 0 Å². The van der Waals surface area contributed by atoms with E-state index in [4.69, 9.17) is 5.73 Å². The van der Waals surface area contributed by atoms with E-state index >= 15 is 0 Å². The Labute approximate surface area is 118 Å². The minimum Gasteiger partial charge on any atom is -0.371 e.